The van der Waals surface area contributed by atoms with Crippen molar-refractivity contribution < 1.29 is 9.47 Å². The molecule has 0 spiro atoms. The molecule has 0 aliphatic rings. The monoisotopic (exact) mass is 518 g/mol. The topological polar surface area (TPSA) is 98.2 Å². The lowest BCUT2D eigenvalue weighted by molar-refractivity contribution is 0.163. The molecule has 4 aromatic rings. The van der Waals surface area contributed by atoms with Gasteiger partial charge in [0.2, 0.25) is 0 Å². The second-order valence-corrected chi connectivity index (χ2v) is 10.6. The smallest absolute Gasteiger partial charge is 0.252 e. The average molecular weight is 519 g/mol. The van der Waals surface area contributed by atoms with Crippen LogP contribution in [0.15, 0.2) is 47.3 Å². The number of methoxy groups -OCH3 is 2. The molecule has 0 bridgehead atoms. The van der Waals surface area contributed by atoms with Gasteiger partial charge in [0, 0.05) is 18.7 Å². The lowest BCUT2D eigenvalue weighted by Crippen LogP contribution is -2.36. The summed E-state index contributed by atoms with van der Waals surface area (Å²) in [6.45, 7) is 11.5. The highest BCUT2D eigenvalue weighted by Crippen LogP contribution is 2.30. The molecular weight excluding hydrogens is 480 g/mol. The van der Waals surface area contributed by atoms with Crippen LogP contribution in [-0.2, 0) is 18.5 Å². The average Bonchev–Trinajstić information content (AvgIpc) is 3.39. The van der Waals surface area contributed by atoms with Crippen LogP contribution < -0.4 is 15.0 Å². The maximum atomic E-state index is 13.2. The second kappa shape index (κ2) is 11.3. The van der Waals surface area contributed by atoms with E-state index < -0.39 is 0 Å². The lowest BCUT2D eigenvalue weighted by Gasteiger charge is -2.32. The molecule has 0 fully saturated rings. The molecule has 0 aliphatic carbocycles. The Hall–Kier alpha value is -3.72. The Morgan fingerprint density at radius 2 is 1.84 bits per heavy atom. The molecule has 1 atom stereocenters. The number of hydrogen-bond acceptors (Lipinski definition) is 7. The molecule has 0 amide bonds. The summed E-state index contributed by atoms with van der Waals surface area (Å²) in [5.41, 5.74) is 3.39. The number of benzene rings is 2. The van der Waals surface area contributed by atoms with Gasteiger partial charge in [-0.15, -0.1) is 5.10 Å². The standard InChI is InChI=1S/C29H38N6O3/c1-8-23(27-31-32-33-35(27)29(3,4)5)34(15-14-20-12-13-24(37-6)25(16-20)38-7)18-22-17-21-11-9-10-19(2)26(21)30-28(22)36/h9-13,16-17,23H,8,14-15,18H2,1-7H3,(H,30,36)/t23-/m1/s1. The summed E-state index contributed by atoms with van der Waals surface area (Å²) in [6, 6.07) is 13.9. The highest BCUT2D eigenvalue weighted by Gasteiger charge is 2.29. The van der Waals surface area contributed by atoms with E-state index in [1.165, 1.54) is 0 Å². The number of nitrogens with zero attached hydrogens (tertiary/aromatic N) is 5. The zero-order valence-corrected chi connectivity index (χ0v) is 23.4. The largest absolute Gasteiger partial charge is 0.493 e. The number of fused-ring (bicyclic) bond motifs is 1. The highest BCUT2D eigenvalue weighted by molar-refractivity contribution is 5.81. The van der Waals surface area contributed by atoms with Crippen LogP contribution in [0.4, 0.5) is 0 Å². The first-order valence-corrected chi connectivity index (χ1v) is 13.0. The van der Waals surface area contributed by atoms with Gasteiger partial charge < -0.3 is 14.5 Å². The summed E-state index contributed by atoms with van der Waals surface area (Å²) in [6.07, 6.45) is 1.53. The van der Waals surface area contributed by atoms with Gasteiger partial charge in [0.05, 0.1) is 31.3 Å². The Bertz CT molecular complexity index is 1450. The zero-order chi connectivity index (χ0) is 27.4. The number of aromatic amines is 1. The molecule has 202 valence electrons. The molecule has 0 saturated heterocycles. The maximum Gasteiger partial charge on any atom is 0.252 e. The summed E-state index contributed by atoms with van der Waals surface area (Å²) in [5.74, 6) is 2.18. The van der Waals surface area contributed by atoms with Crippen LogP contribution in [0, 0.1) is 6.92 Å². The van der Waals surface area contributed by atoms with Gasteiger partial charge in [-0.2, -0.15) is 0 Å². The molecule has 0 aliphatic heterocycles. The number of para-hydroxylation sites is 1. The molecule has 0 unspecified atom stereocenters. The number of ether oxygens (including phenoxy) is 2. The van der Waals surface area contributed by atoms with E-state index >= 15 is 0 Å². The van der Waals surface area contributed by atoms with Crippen LogP contribution >= 0.6 is 0 Å². The van der Waals surface area contributed by atoms with E-state index in [0.29, 0.717) is 30.2 Å². The fraction of sp³-hybridized carbons (Fsp3) is 0.448. The van der Waals surface area contributed by atoms with E-state index in [-0.39, 0.29) is 17.1 Å². The van der Waals surface area contributed by atoms with Crippen molar-refractivity contribution in [2.45, 2.75) is 65.6 Å². The molecule has 4 rings (SSSR count). The van der Waals surface area contributed by atoms with Crippen molar-refractivity contribution in [3.05, 3.63) is 75.3 Å². The van der Waals surface area contributed by atoms with Crippen molar-refractivity contribution >= 4 is 10.9 Å². The van der Waals surface area contributed by atoms with E-state index in [1.54, 1.807) is 14.2 Å². The first-order chi connectivity index (χ1) is 18.2. The summed E-state index contributed by atoms with van der Waals surface area (Å²) in [5, 5.41) is 13.8. The number of H-pyrrole nitrogens is 1. The van der Waals surface area contributed by atoms with Gasteiger partial charge >= 0.3 is 0 Å². The van der Waals surface area contributed by atoms with E-state index in [9.17, 15) is 4.79 Å². The number of aryl methyl sites for hydroxylation is 1. The Balaban J connectivity index is 1.72. The molecular formula is C29H38N6O3. The number of pyridine rings is 1. The summed E-state index contributed by atoms with van der Waals surface area (Å²) in [4.78, 5) is 18.6. The molecule has 2 aromatic carbocycles. The molecule has 38 heavy (non-hydrogen) atoms. The van der Waals surface area contributed by atoms with Crippen molar-refractivity contribution in [3.63, 3.8) is 0 Å². The van der Waals surface area contributed by atoms with Crippen molar-refractivity contribution in [2.24, 2.45) is 0 Å². The number of nitrogens with one attached hydrogen (secondary N) is 1. The third-order valence-electron chi connectivity index (χ3n) is 6.93. The Morgan fingerprint density at radius 3 is 2.53 bits per heavy atom. The first-order valence-electron chi connectivity index (χ1n) is 13.0. The second-order valence-electron chi connectivity index (χ2n) is 10.6. The fourth-order valence-electron chi connectivity index (χ4n) is 4.90. The van der Waals surface area contributed by atoms with Gasteiger partial charge in [-0.05, 0) is 85.7 Å². The summed E-state index contributed by atoms with van der Waals surface area (Å²) in [7, 11) is 3.27. The minimum Gasteiger partial charge on any atom is -0.493 e. The molecule has 9 nitrogen and oxygen atoms in total. The van der Waals surface area contributed by atoms with Crippen molar-refractivity contribution in [1.82, 2.24) is 30.1 Å². The molecule has 1 N–H and O–H groups in total. The molecule has 0 radical (unpaired) electrons. The van der Waals surface area contributed by atoms with E-state index in [0.717, 1.165) is 40.7 Å². The van der Waals surface area contributed by atoms with Crippen molar-refractivity contribution in [2.75, 3.05) is 20.8 Å². The Labute approximate surface area is 223 Å². The predicted octanol–water partition coefficient (Wildman–Crippen LogP) is 4.79. The van der Waals surface area contributed by atoms with Gasteiger partial charge in [-0.1, -0.05) is 31.2 Å². The SMILES string of the molecule is CC[C@H](c1nnnn1C(C)(C)C)N(CCc1ccc(OC)c(OC)c1)Cc1cc2cccc(C)c2[nH]c1=O. The number of rotatable bonds is 10. The molecule has 0 saturated carbocycles. The van der Waals surface area contributed by atoms with E-state index in [1.807, 2.05) is 54.1 Å². The van der Waals surface area contributed by atoms with Crippen LogP contribution in [-0.4, -0.2) is 50.9 Å². The quantitative estimate of drug-likeness (QED) is 0.322. The van der Waals surface area contributed by atoms with Crippen molar-refractivity contribution in [1.29, 1.82) is 0 Å². The number of tetrazole rings is 1. The minimum absolute atomic E-state index is 0.0758. The minimum atomic E-state index is -0.279. The maximum absolute atomic E-state index is 13.2. The lowest BCUT2D eigenvalue weighted by atomic mass is 10.0. The van der Waals surface area contributed by atoms with E-state index in [2.05, 4.69) is 53.1 Å². The van der Waals surface area contributed by atoms with Gasteiger partial charge in [-0.3, -0.25) is 9.69 Å². The van der Waals surface area contributed by atoms with E-state index in [4.69, 9.17) is 9.47 Å². The van der Waals surface area contributed by atoms with Crippen LogP contribution in [0.1, 0.15) is 62.7 Å². The van der Waals surface area contributed by atoms with Crippen LogP contribution in [0.2, 0.25) is 0 Å². The Morgan fingerprint density at radius 1 is 1.08 bits per heavy atom. The van der Waals surface area contributed by atoms with Crippen molar-refractivity contribution in [3.8, 4) is 11.5 Å². The Kier molecular flexibility index (Phi) is 8.16. The zero-order valence-electron chi connectivity index (χ0n) is 23.4. The predicted molar refractivity (Wildman–Crippen MR) is 149 cm³/mol. The first kappa shape index (κ1) is 27.3. The molecule has 2 aromatic heterocycles. The highest BCUT2D eigenvalue weighted by atomic mass is 16.5. The molecule has 2 heterocycles. The fourth-order valence-corrected chi connectivity index (χ4v) is 4.90. The third kappa shape index (κ3) is 5.72. The molecule has 9 heteroatoms. The number of hydrogen-bond donors (Lipinski definition) is 1. The van der Waals surface area contributed by atoms with Gasteiger partial charge in [0.25, 0.3) is 5.56 Å². The summed E-state index contributed by atoms with van der Waals surface area (Å²) >= 11 is 0. The van der Waals surface area contributed by atoms with Gasteiger partial charge in [0.15, 0.2) is 17.3 Å². The van der Waals surface area contributed by atoms with Crippen LogP contribution in [0.5, 0.6) is 11.5 Å². The van der Waals surface area contributed by atoms with Crippen LogP contribution in [0.25, 0.3) is 10.9 Å². The van der Waals surface area contributed by atoms with Crippen LogP contribution in [0.3, 0.4) is 0 Å². The van der Waals surface area contributed by atoms with Gasteiger partial charge in [-0.25, -0.2) is 4.68 Å². The normalized spacial score (nSPS) is 12.7. The van der Waals surface area contributed by atoms with Gasteiger partial charge in [0.1, 0.15) is 0 Å². The third-order valence-corrected chi connectivity index (χ3v) is 6.93. The number of aromatic nitrogens is 5. The summed E-state index contributed by atoms with van der Waals surface area (Å²) < 4.78 is 12.8.